The van der Waals surface area contributed by atoms with Crippen molar-refractivity contribution >= 4 is 17.6 Å². The van der Waals surface area contributed by atoms with Crippen LogP contribution in [0.3, 0.4) is 0 Å². The van der Waals surface area contributed by atoms with Crippen LogP contribution in [0, 0.1) is 0 Å². The molecule has 1 aromatic carbocycles. The minimum atomic E-state index is -1.23. The van der Waals surface area contributed by atoms with Crippen LogP contribution in [-0.2, 0) is 10.3 Å². The summed E-state index contributed by atoms with van der Waals surface area (Å²) in [5, 5.41) is 16.4. The van der Waals surface area contributed by atoms with Gasteiger partial charge in [-0.15, -0.1) is 0 Å². The van der Waals surface area contributed by atoms with Crippen LogP contribution in [0.1, 0.15) is 32.3 Å². The van der Waals surface area contributed by atoms with Crippen molar-refractivity contribution in [2.75, 3.05) is 19.7 Å². The number of amides is 2. The van der Waals surface area contributed by atoms with Crippen molar-refractivity contribution in [1.82, 2.24) is 10.6 Å². The first-order chi connectivity index (χ1) is 10.3. The van der Waals surface area contributed by atoms with Gasteiger partial charge in [-0.05, 0) is 32.8 Å². The summed E-state index contributed by atoms with van der Waals surface area (Å²) in [6.07, 6.45) is 1.95. The smallest absolute Gasteiger partial charge is 0.315 e. The number of carbonyl (C=O) groups is 1. The van der Waals surface area contributed by atoms with E-state index in [-0.39, 0.29) is 18.2 Å². The highest BCUT2D eigenvalue weighted by Gasteiger charge is 2.30. The molecular formula is C16H23ClN2O3. The van der Waals surface area contributed by atoms with Gasteiger partial charge in [0.25, 0.3) is 0 Å². The molecule has 0 unspecified atom stereocenters. The van der Waals surface area contributed by atoms with Crippen LogP contribution in [0.15, 0.2) is 24.3 Å². The molecule has 3 N–H and O–H groups in total. The van der Waals surface area contributed by atoms with Crippen LogP contribution in [-0.4, -0.2) is 36.4 Å². The molecule has 0 radical (unpaired) electrons. The fraction of sp³-hybridized carbons (Fsp3) is 0.562. The number of rotatable bonds is 5. The molecule has 1 fully saturated rings. The second-order valence-electron chi connectivity index (χ2n) is 6.19. The van der Waals surface area contributed by atoms with Crippen LogP contribution in [0.5, 0.6) is 0 Å². The Hall–Kier alpha value is -1.30. The Morgan fingerprint density at radius 1 is 1.45 bits per heavy atom. The van der Waals surface area contributed by atoms with Crippen molar-refractivity contribution in [3.05, 3.63) is 34.9 Å². The average molecular weight is 327 g/mol. The SMILES string of the molecule is C[C@]1(CNC(=O)NC[C@](C)(O)c2ccccc2Cl)CCCO1. The predicted octanol–water partition coefficient (Wildman–Crippen LogP) is 2.42. The molecule has 0 saturated carbocycles. The predicted molar refractivity (Wildman–Crippen MR) is 86.0 cm³/mol. The van der Waals surface area contributed by atoms with Crippen molar-refractivity contribution in [2.45, 2.75) is 37.9 Å². The zero-order chi connectivity index (χ0) is 16.2. The van der Waals surface area contributed by atoms with E-state index < -0.39 is 5.60 Å². The number of urea groups is 1. The lowest BCUT2D eigenvalue weighted by Gasteiger charge is -2.27. The summed E-state index contributed by atoms with van der Waals surface area (Å²) in [4.78, 5) is 11.9. The summed E-state index contributed by atoms with van der Waals surface area (Å²) in [6, 6.07) is 6.72. The maximum atomic E-state index is 11.9. The number of benzene rings is 1. The van der Waals surface area contributed by atoms with Gasteiger partial charge in [0.05, 0.1) is 12.1 Å². The van der Waals surface area contributed by atoms with Gasteiger partial charge in [-0.3, -0.25) is 0 Å². The lowest BCUT2D eigenvalue weighted by Crippen LogP contribution is -2.47. The molecule has 1 saturated heterocycles. The Labute approximate surface area is 136 Å². The van der Waals surface area contributed by atoms with Gasteiger partial charge in [-0.2, -0.15) is 0 Å². The largest absolute Gasteiger partial charge is 0.384 e. The summed E-state index contributed by atoms with van der Waals surface area (Å²) < 4.78 is 5.61. The number of carbonyl (C=O) groups excluding carboxylic acids is 1. The van der Waals surface area contributed by atoms with Crippen molar-refractivity contribution in [1.29, 1.82) is 0 Å². The topological polar surface area (TPSA) is 70.6 Å². The molecule has 1 heterocycles. The van der Waals surface area contributed by atoms with Crippen LogP contribution in [0.2, 0.25) is 5.02 Å². The Bertz CT molecular complexity index is 528. The fourth-order valence-corrected chi connectivity index (χ4v) is 2.89. The van der Waals surface area contributed by atoms with Crippen molar-refractivity contribution in [3.63, 3.8) is 0 Å². The molecule has 1 aliphatic rings. The van der Waals surface area contributed by atoms with Gasteiger partial charge < -0.3 is 20.5 Å². The molecule has 0 aromatic heterocycles. The van der Waals surface area contributed by atoms with Crippen LogP contribution in [0.25, 0.3) is 0 Å². The minimum absolute atomic E-state index is 0.0696. The van der Waals surface area contributed by atoms with E-state index in [9.17, 15) is 9.90 Å². The first-order valence-electron chi connectivity index (χ1n) is 7.45. The third kappa shape index (κ3) is 4.35. The fourth-order valence-electron chi connectivity index (χ4n) is 2.55. The van der Waals surface area contributed by atoms with E-state index in [0.29, 0.717) is 17.1 Å². The molecule has 2 rings (SSSR count). The van der Waals surface area contributed by atoms with Crippen molar-refractivity contribution < 1.29 is 14.6 Å². The summed E-state index contributed by atoms with van der Waals surface area (Å²) in [5.74, 6) is 0. The highest BCUT2D eigenvalue weighted by atomic mass is 35.5. The second-order valence-corrected chi connectivity index (χ2v) is 6.60. The molecule has 0 spiro atoms. The van der Waals surface area contributed by atoms with Gasteiger partial charge in [0.1, 0.15) is 5.60 Å². The average Bonchev–Trinajstić information content (AvgIpc) is 2.91. The maximum Gasteiger partial charge on any atom is 0.315 e. The van der Waals surface area contributed by atoms with Gasteiger partial charge in [0.15, 0.2) is 0 Å². The molecule has 1 aromatic rings. The highest BCUT2D eigenvalue weighted by molar-refractivity contribution is 6.31. The molecule has 2 amide bonds. The lowest BCUT2D eigenvalue weighted by molar-refractivity contribution is 0.0224. The van der Waals surface area contributed by atoms with Gasteiger partial charge in [-0.25, -0.2) is 4.79 Å². The number of ether oxygens (including phenoxy) is 1. The molecule has 6 heteroatoms. The van der Waals surface area contributed by atoms with Crippen LogP contribution < -0.4 is 10.6 Å². The normalized spacial score (nSPS) is 23.8. The van der Waals surface area contributed by atoms with Gasteiger partial charge in [0.2, 0.25) is 0 Å². The van der Waals surface area contributed by atoms with Crippen LogP contribution >= 0.6 is 11.6 Å². The van der Waals surface area contributed by atoms with Crippen LogP contribution in [0.4, 0.5) is 4.79 Å². The van der Waals surface area contributed by atoms with E-state index in [0.717, 1.165) is 19.4 Å². The molecule has 122 valence electrons. The Kier molecular flexibility index (Phi) is 5.32. The number of aliphatic hydroxyl groups is 1. The quantitative estimate of drug-likeness (QED) is 0.778. The summed E-state index contributed by atoms with van der Waals surface area (Å²) >= 11 is 6.08. The molecule has 0 bridgehead atoms. The molecule has 1 aliphatic heterocycles. The van der Waals surface area contributed by atoms with E-state index >= 15 is 0 Å². The molecular weight excluding hydrogens is 304 g/mol. The number of halogens is 1. The molecule has 0 aliphatic carbocycles. The van der Waals surface area contributed by atoms with E-state index in [1.165, 1.54) is 0 Å². The van der Waals surface area contributed by atoms with Crippen molar-refractivity contribution in [3.8, 4) is 0 Å². The van der Waals surface area contributed by atoms with Gasteiger partial charge in [0, 0.05) is 23.7 Å². The second kappa shape index (κ2) is 6.86. The zero-order valence-corrected chi connectivity index (χ0v) is 13.7. The molecule has 2 atom stereocenters. The minimum Gasteiger partial charge on any atom is -0.384 e. The number of hydrogen-bond acceptors (Lipinski definition) is 3. The zero-order valence-electron chi connectivity index (χ0n) is 13.0. The summed E-state index contributed by atoms with van der Waals surface area (Å²) in [5.41, 5.74) is -0.936. The van der Waals surface area contributed by atoms with Crippen molar-refractivity contribution in [2.24, 2.45) is 0 Å². The third-order valence-corrected chi connectivity index (χ3v) is 4.30. The Morgan fingerprint density at radius 3 is 2.82 bits per heavy atom. The summed E-state index contributed by atoms with van der Waals surface area (Å²) in [6.45, 7) is 4.87. The first kappa shape index (κ1) is 17.1. The number of nitrogens with one attached hydrogen (secondary N) is 2. The lowest BCUT2D eigenvalue weighted by atomic mass is 9.96. The molecule has 22 heavy (non-hydrogen) atoms. The third-order valence-electron chi connectivity index (χ3n) is 3.97. The highest BCUT2D eigenvalue weighted by Crippen LogP contribution is 2.27. The van der Waals surface area contributed by atoms with Gasteiger partial charge in [-0.1, -0.05) is 29.8 Å². The summed E-state index contributed by atoms with van der Waals surface area (Å²) in [7, 11) is 0. The van der Waals surface area contributed by atoms with E-state index in [1.54, 1.807) is 31.2 Å². The van der Waals surface area contributed by atoms with E-state index in [2.05, 4.69) is 10.6 Å². The first-order valence-corrected chi connectivity index (χ1v) is 7.83. The Morgan fingerprint density at radius 2 is 2.18 bits per heavy atom. The number of hydrogen-bond donors (Lipinski definition) is 3. The monoisotopic (exact) mass is 326 g/mol. The van der Waals surface area contributed by atoms with Gasteiger partial charge >= 0.3 is 6.03 Å². The van der Waals surface area contributed by atoms with E-state index in [1.807, 2.05) is 6.92 Å². The maximum absolute atomic E-state index is 11.9. The Balaban J connectivity index is 1.84. The molecule has 5 nitrogen and oxygen atoms in total. The standard InChI is InChI=1S/C16H23ClN2O3/c1-15(8-5-9-22-15)10-18-14(20)19-11-16(2,21)12-6-3-4-7-13(12)17/h3-4,6-7,21H,5,8-11H2,1-2H3,(H2,18,19,20)/t15-,16+/m1/s1. The van der Waals surface area contributed by atoms with E-state index in [4.69, 9.17) is 16.3 Å².